The monoisotopic (exact) mass is 336 g/mol. The summed E-state index contributed by atoms with van der Waals surface area (Å²) in [6.45, 7) is 2.12. The highest BCUT2D eigenvalue weighted by molar-refractivity contribution is 5.86. The number of nitrogens with zero attached hydrogens (tertiary/aromatic N) is 2. The van der Waals surface area contributed by atoms with Crippen LogP contribution in [-0.4, -0.2) is 36.1 Å². The van der Waals surface area contributed by atoms with Crippen LogP contribution >= 0.6 is 0 Å². The molecule has 0 spiro atoms. The van der Waals surface area contributed by atoms with E-state index in [0.717, 1.165) is 25.6 Å². The normalized spacial score (nSPS) is 18.0. The summed E-state index contributed by atoms with van der Waals surface area (Å²) in [6, 6.07) is 3.64. The van der Waals surface area contributed by atoms with Crippen molar-refractivity contribution in [3.63, 3.8) is 0 Å². The molecule has 1 fully saturated rings. The lowest BCUT2D eigenvalue weighted by Crippen LogP contribution is -2.21. The second kappa shape index (κ2) is 7.09. The number of ether oxygens (including phenoxy) is 1. The van der Waals surface area contributed by atoms with Gasteiger partial charge in [-0.3, -0.25) is 4.90 Å². The fraction of sp³-hybridized carbons (Fsp3) is 0.412. The Morgan fingerprint density at radius 1 is 1.38 bits per heavy atom. The maximum Gasteiger partial charge on any atom is 0.360 e. The predicted octanol–water partition coefficient (Wildman–Crippen LogP) is 2.80. The van der Waals surface area contributed by atoms with E-state index in [9.17, 15) is 13.6 Å². The molecule has 1 aromatic heterocycles. The van der Waals surface area contributed by atoms with Gasteiger partial charge in [0.2, 0.25) is 5.89 Å². The van der Waals surface area contributed by atoms with Gasteiger partial charge in [0.05, 0.1) is 13.7 Å². The van der Waals surface area contributed by atoms with Crippen LogP contribution in [0.4, 0.5) is 8.78 Å². The minimum absolute atomic E-state index is 0.151. The molecule has 1 saturated heterocycles. The predicted molar refractivity (Wildman–Crippen MR) is 81.3 cm³/mol. The molecule has 1 unspecified atom stereocenters. The molecule has 2 heterocycles. The molecular weight excluding hydrogens is 318 g/mol. The molecule has 3 rings (SSSR count). The van der Waals surface area contributed by atoms with Crippen LogP contribution in [0.5, 0.6) is 0 Å². The van der Waals surface area contributed by atoms with Crippen molar-refractivity contribution >= 4 is 5.97 Å². The third kappa shape index (κ3) is 3.97. The summed E-state index contributed by atoms with van der Waals surface area (Å²) in [5.74, 6) is -0.850. The summed E-state index contributed by atoms with van der Waals surface area (Å²) < 4.78 is 36.4. The third-order valence-electron chi connectivity index (χ3n) is 4.12. The zero-order valence-corrected chi connectivity index (χ0v) is 13.3. The molecule has 0 saturated carbocycles. The van der Waals surface area contributed by atoms with Gasteiger partial charge in [-0.25, -0.2) is 18.6 Å². The van der Waals surface area contributed by atoms with Crippen LogP contribution < -0.4 is 0 Å². The number of aromatic nitrogens is 1. The lowest BCUT2D eigenvalue weighted by Gasteiger charge is -2.14. The molecule has 7 heteroatoms. The second-order valence-electron chi connectivity index (χ2n) is 5.99. The zero-order valence-electron chi connectivity index (χ0n) is 13.3. The lowest BCUT2D eigenvalue weighted by molar-refractivity contribution is 0.0594. The van der Waals surface area contributed by atoms with Crippen molar-refractivity contribution in [1.29, 1.82) is 0 Å². The number of carbonyl (C=O) groups is 1. The molecule has 1 aliphatic heterocycles. The molecular formula is C17H18F2N2O3. The van der Waals surface area contributed by atoms with E-state index in [4.69, 9.17) is 4.42 Å². The van der Waals surface area contributed by atoms with Gasteiger partial charge in [-0.1, -0.05) is 0 Å². The van der Waals surface area contributed by atoms with Gasteiger partial charge >= 0.3 is 5.97 Å². The van der Waals surface area contributed by atoms with E-state index in [1.807, 2.05) is 0 Å². The number of oxazole rings is 1. The van der Waals surface area contributed by atoms with E-state index in [1.54, 1.807) is 0 Å². The quantitative estimate of drug-likeness (QED) is 0.786. The number of hydrogen-bond acceptors (Lipinski definition) is 5. The summed E-state index contributed by atoms with van der Waals surface area (Å²) >= 11 is 0. The molecule has 2 aromatic rings. The highest BCUT2D eigenvalue weighted by Crippen LogP contribution is 2.23. The molecule has 0 amide bonds. The number of benzene rings is 1. The fourth-order valence-corrected chi connectivity index (χ4v) is 3.06. The van der Waals surface area contributed by atoms with Crippen LogP contribution in [0.3, 0.4) is 0 Å². The molecule has 1 atom stereocenters. The molecule has 0 aliphatic carbocycles. The largest absolute Gasteiger partial charge is 0.464 e. The molecule has 0 bridgehead atoms. The van der Waals surface area contributed by atoms with Gasteiger partial charge in [-0.15, -0.1) is 0 Å². The Kier molecular flexibility index (Phi) is 4.89. The Morgan fingerprint density at radius 3 is 2.83 bits per heavy atom. The summed E-state index contributed by atoms with van der Waals surface area (Å²) in [5.41, 5.74) is 0.821. The van der Waals surface area contributed by atoms with Gasteiger partial charge in [0.1, 0.15) is 17.9 Å². The third-order valence-corrected chi connectivity index (χ3v) is 4.12. The molecule has 1 aromatic carbocycles. The van der Waals surface area contributed by atoms with Crippen LogP contribution in [0.1, 0.15) is 28.4 Å². The first-order valence-corrected chi connectivity index (χ1v) is 7.73. The molecule has 0 N–H and O–H groups in total. The number of carbonyl (C=O) groups excluding carboxylic acids is 1. The summed E-state index contributed by atoms with van der Waals surface area (Å²) in [5, 5.41) is 0. The Hall–Kier alpha value is -2.28. The van der Waals surface area contributed by atoms with Gasteiger partial charge in [0, 0.05) is 12.6 Å². The topological polar surface area (TPSA) is 55.6 Å². The van der Waals surface area contributed by atoms with Crippen LogP contribution in [0.2, 0.25) is 0 Å². The number of methoxy groups -OCH3 is 1. The van der Waals surface area contributed by atoms with E-state index >= 15 is 0 Å². The molecule has 5 nitrogen and oxygen atoms in total. The van der Waals surface area contributed by atoms with Crippen molar-refractivity contribution in [3.05, 3.63) is 53.2 Å². The number of hydrogen-bond donors (Lipinski definition) is 0. The number of esters is 1. The van der Waals surface area contributed by atoms with Gasteiger partial charge in [0.25, 0.3) is 0 Å². The molecule has 128 valence electrons. The minimum Gasteiger partial charge on any atom is -0.464 e. The van der Waals surface area contributed by atoms with Gasteiger partial charge < -0.3 is 9.15 Å². The first-order chi connectivity index (χ1) is 11.5. The highest BCUT2D eigenvalue weighted by atomic mass is 19.1. The summed E-state index contributed by atoms with van der Waals surface area (Å²) in [6.07, 6.45) is 2.84. The van der Waals surface area contributed by atoms with Gasteiger partial charge in [0.15, 0.2) is 5.69 Å². The summed E-state index contributed by atoms with van der Waals surface area (Å²) in [7, 11) is 1.29. The average Bonchev–Trinajstić information content (AvgIpc) is 3.15. The number of likely N-dealkylation sites (tertiary alicyclic amines) is 1. The summed E-state index contributed by atoms with van der Waals surface area (Å²) in [4.78, 5) is 17.6. The van der Waals surface area contributed by atoms with E-state index < -0.39 is 17.6 Å². The maximum atomic E-state index is 13.3. The Balaban J connectivity index is 1.55. The number of halogens is 2. The van der Waals surface area contributed by atoms with Crippen molar-refractivity contribution in [2.45, 2.75) is 19.4 Å². The van der Waals surface area contributed by atoms with Crippen molar-refractivity contribution in [1.82, 2.24) is 9.88 Å². The lowest BCUT2D eigenvalue weighted by atomic mass is 9.98. The first kappa shape index (κ1) is 16.6. The van der Waals surface area contributed by atoms with E-state index in [1.165, 1.54) is 25.5 Å². The zero-order chi connectivity index (χ0) is 17.1. The Bertz CT molecular complexity index is 712. The minimum atomic E-state index is -0.546. The first-order valence-electron chi connectivity index (χ1n) is 7.73. The van der Waals surface area contributed by atoms with Crippen molar-refractivity contribution < 1.29 is 22.7 Å². The SMILES string of the molecule is COC(=O)c1coc(CN2CCC(Cc3cc(F)cc(F)c3)C2)n1. The standard InChI is InChI=1S/C17H18F2N2O3/c1-23-17(22)15-10-24-16(20-15)9-21-3-2-11(8-21)4-12-5-13(18)7-14(19)6-12/h5-7,10-11H,2-4,8-9H2,1H3. The molecule has 0 radical (unpaired) electrons. The van der Waals surface area contributed by atoms with Crippen molar-refractivity contribution in [2.24, 2.45) is 5.92 Å². The Morgan fingerprint density at radius 2 is 2.12 bits per heavy atom. The van der Waals surface area contributed by atoms with Gasteiger partial charge in [-0.05, 0) is 43.0 Å². The smallest absolute Gasteiger partial charge is 0.360 e. The number of rotatable bonds is 5. The van der Waals surface area contributed by atoms with Crippen molar-refractivity contribution in [2.75, 3.05) is 20.2 Å². The average molecular weight is 336 g/mol. The van der Waals surface area contributed by atoms with E-state index in [0.29, 0.717) is 30.3 Å². The fourth-order valence-electron chi connectivity index (χ4n) is 3.06. The van der Waals surface area contributed by atoms with Crippen LogP contribution in [0, 0.1) is 17.6 Å². The van der Waals surface area contributed by atoms with Crippen LogP contribution in [0.25, 0.3) is 0 Å². The molecule has 24 heavy (non-hydrogen) atoms. The van der Waals surface area contributed by atoms with E-state index in [2.05, 4.69) is 14.6 Å². The second-order valence-corrected chi connectivity index (χ2v) is 5.99. The van der Waals surface area contributed by atoms with Crippen LogP contribution in [-0.2, 0) is 17.7 Å². The highest BCUT2D eigenvalue weighted by Gasteiger charge is 2.24. The molecule has 1 aliphatic rings. The van der Waals surface area contributed by atoms with Crippen LogP contribution in [0.15, 0.2) is 28.9 Å². The Labute approximate surface area is 138 Å². The van der Waals surface area contributed by atoms with E-state index in [-0.39, 0.29) is 5.69 Å². The van der Waals surface area contributed by atoms with Gasteiger partial charge in [-0.2, -0.15) is 0 Å². The van der Waals surface area contributed by atoms with Crippen molar-refractivity contribution in [3.8, 4) is 0 Å². The maximum absolute atomic E-state index is 13.3.